The summed E-state index contributed by atoms with van der Waals surface area (Å²) < 4.78 is 26.4. The summed E-state index contributed by atoms with van der Waals surface area (Å²) in [5, 5.41) is 3.95. The van der Waals surface area contributed by atoms with E-state index in [1.54, 1.807) is 12.3 Å². The van der Waals surface area contributed by atoms with Crippen LogP contribution in [0.3, 0.4) is 0 Å². The van der Waals surface area contributed by atoms with Crippen LogP contribution in [-0.2, 0) is 0 Å². The third-order valence-corrected chi connectivity index (χ3v) is 3.04. The number of halogens is 2. The zero-order valence-corrected chi connectivity index (χ0v) is 10.8. The summed E-state index contributed by atoms with van der Waals surface area (Å²) in [6.45, 7) is 1.98. The number of nitrogens with one attached hydrogen (secondary N) is 1. The van der Waals surface area contributed by atoms with E-state index in [9.17, 15) is 8.78 Å². The van der Waals surface area contributed by atoms with Gasteiger partial charge in [0, 0.05) is 29.0 Å². The molecule has 0 saturated heterocycles. The van der Waals surface area contributed by atoms with E-state index < -0.39 is 11.6 Å². The topological polar surface area (TPSA) is 24.9 Å². The Hall–Kier alpha value is -2.49. The van der Waals surface area contributed by atoms with Crippen molar-refractivity contribution in [2.24, 2.45) is 0 Å². The van der Waals surface area contributed by atoms with Crippen molar-refractivity contribution in [3.8, 4) is 0 Å². The van der Waals surface area contributed by atoms with Crippen molar-refractivity contribution in [3.05, 3.63) is 65.9 Å². The SMILES string of the molecule is Cc1ccc2nccc(Nc3cc(F)cc(F)c3)c2c1. The van der Waals surface area contributed by atoms with Crippen molar-refractivity contribution in [3.63, 3.8) is 0 Å². The smallest absolute Gasteiger partial charge is 0.128 e. The lowest BCUT2D eigenvalue weighted by atomic mass is 10.1. The van der Waals surface area contributed by atoms with E-state index >= 15 is 0 Å². The van der Waals surface area contributed by atoms with Crippen molar-refractivity contribution in [2.75, 3.05) is 5.32 Å². The Morgan fingerprint density at radius 1 is 0.950 bits per heavy atom. The maximum absolute atomic E-state index is 13.2. The molecule has 0 unspecified atom stereocenters. The number of aryl methyl sites for hydroxylation is 1. The van der Waals surface area contributed by atoms with Gasteiger partial charge < -0.3 is 5.32 Å². The molecule has 3 aromatic rings. The zero-order valence-electron chi connectivity index (χ0n) is 10.8. The summed E-state index contributed by atoms with van der Waals surface area (Å²) in [5.41, 5.74) is 3.07. The number of aromatic nitrogens is 1. The van der Waals surface area contributed by atoms with Crippen molar-refractivity contribution in [2.45, 2.75) is 6.92 Å². The molecule has 1 aromatic heterocycles. The molecule has 3 rings (SSSR count). The van der Waals surface area contributed by atoms with Crippen molar-refractivity contribution in [1.82, 2.24) is 4.98 Å². The summed E-state index contributed by atoms with van der Waals surface area (Å²) in [6.07, 6.45) is 1.66. The highest BCUT2D eigenvalue weighted by atomic mass is 19.1. The van der Waals surface area contributed by atoms with Gasteiger partial charge in [0.1, 0.15) is 11.6 Å². The van der Waals surface area contributed by atoms with Crippen LogP contribution in [0.1, 0.15) is 5.56 Å². The molecule has 2 aromatic carbocycles. The standard InChI is InChI=1S/C16H12F2N2/c1-10-2-3-15-14(6-10)16(4-5-19-15)20-13-8-11(17)7-12(18)9-13/h2-9H,1H3,(H,19,20). The number of hydrogen-bond acceptors (Lipinski definition) is 2. The van der Waals surface area contributed by atoms with Gasteiger partial charge in [-0.3, -0.25) is 4.98 Å². The number of benzene rings is 2. The lowest BCUT2D eigenvalue weighted by Crippen LogP contribution is -1.94. The van der Waals surface area contributed by atoms with E-state index in [4.69, 9.17) is 0 Å². The van der Waals surface area contributed by atoms with Crippen LogP contribution in [0.15, 0.2) is 48.7 Å². The maximum atomic E-state index is 13.2. The molecule has 1 heterocycles. The number of rotatable bonds is 2. The first kappa shape index (κ1) is 12.5. The summed E-state index contributed by atoms with van der Waals surface area (Å²) in [5.74, 6) is -1.22. The Kier molecular flexibility index (Phi) is 3.06. The second-order valence-corrected chi connectivity index (χ2v) is 4.66. The second kappa shape index (κ2) is 4.89. The zero-order chi connectivity index (χ0) is 14.1. The van der Waals surface area contributed by atoms with Gasteiger partial charge in [0.25, 0.3) is 0 Å². The van der Waals surface area contributed by atoms with Crippen LogP contribution >= 0.6 is 0 Å². The van der Waals surface area contributed by atoms with E-state index in [2.05, 4.69) is 10.3 Å². The molecule has 0 aliphatic heterocycles. The Labute approximate surface area is 115 Å². The first-order chi connectivity index (χ1) is 9.61. The van der Waals surface area contributed by atoms with Gasteiger partial charge in [-0.2, -0.15) is 0 Å². The number of hydrogen-bond donors (Lipinski definition) is 1. The van der Waals surface area contributed by atoms with E-state index in [1.807, 2.05) is 25.1 Å². The minimum atomic E-state index is -0.609. The van der Waals surface area contributed by atoms with Gasteiger partial charge in [-0.25, -0.2) is 8.78 Å². The quantitative estimate of drug-likeness (QED) is 0.738. The molecular formula is C16H12F2N2. The van der Waals surface area contributed by atoms with E-state index in [1.165, 1.54) is 12.1 Å². The molecular weight excluding hydrogens is 258 g/mol. The average Bonchev–Trinajstić information content (AvgIpc) is 2.38. The minimum absolute atomic E-state index is 0.372. The second-order valence-electron chi connectivity index (χ2n) is 4.66. The molecule has 2 nitrogen and oxygen atoms in total. The molecule has 0 spiro atoms. The molecule has 4 heteroatoms. The van der Waals surface area contributed by atoms with Crippen LogP contribution in [0, 0.1) is 18.6 Å². The Balaban J connectivity index is 2.08. The molecule has 0 aliphatic carbocycles. The molecule has 100 valence electrons. The lowest BCUT2D eigenvalue weighted by Gasteiger charge is -2.10. The number of fused-ring (bicyclic) bond motifs is 1. The van der Waals surface area contributed by atoms with Crippen LogP contribution in [0.4, 0.5) is 20.2 Å². The normalized spacial score (nSPS) is 10.8. The van der Waals surface area contributed by atoms with Crippen molar-refractivity contribution >= 4 is 22.3 Å². The largest absolute Gasteiger partial charge is 0.355 e. The molecule has 0 bridgehead atoms. The predicted octanol–water partition coefficient (Wildman–Crippen LogP) is 4.57. The van der Waals surface area contributed by atoms with Gasteiger partial charge in [0.05, 0.1) is 5.52 Å². The molecule has 0 amide bonds. The fourth-order valence-electron chi connectivity index (χ4n) is 2.15. The van der Waals surface area contributed by atoms with Crippen LogP contribution in [-0.4, -0.2) is 4.98 Å². The van der Waals surface area contributed by atoms with Gasteiger partial charge in [0.15, 0.2) is 0 Å². The fourth-order valence-corrected chi connectivity index (χ4v) is 2.15. The monoisotopic (exact) mass is 270 g/mol. The summed E-state index contributed by atoms with van der Waals surface area (Å²) in [7, 11) is 0. The molecule has 0 saturated carbocycles. The summed E-state index contributed by atoms with van der Waals surface area (Å²) >= 11 is 0. The number of pyridine rings is 1. The van der Waals surface area contributed by atoms with E-state index in [0.717, 1.165) is 28.2 Å². The van der Waals surface area contributed by atoms with Gasteiger partial charge in [0.2, 0.25) is 0 Å². The Bertz CT molecular complexity index is 764. The average molecular weight is 270 g/mol. The first-order valence-electron chi connectivity index (χ1n) is 6.20. The van der Waals surface area contributed by atoms with Crippen LogP contribution in [0.5, 0.6) is 0 Å². The van der Waals surface area contributed by atoms with E-state index in [-0.39, 0.29) is 0 Å². The first-order valence-corrected chi connectivity index (χ1v) is 6.20. The van der Waals surface area contributed by atoms with Crippen LogP contribution in [0.2, 0.25) is 0 Å². The number of nitrogens with zero attached hydrogens (tertiary/aromatic N) is 1. The van der Waals surface area contributed by atoms with Crippen LogP contribution < -0.4 is 5.32 Å². The predicted molar refractivity (Wildman–Crippen MR) is 76.1 cm³/mol. The molecule has 1 N–H and O–H groups in total. The minimum Gasteiger partial charge on any atom is -0.355 e. The maximum Gasteiger partial charge on any atom is 0.128 e. The van der Waals surface area contributed by atoms with Gasteiger partial charge in [-0.05, 0) is 37.3 Å². The summed E-state index contributed by atoms with van der Waals surface area (Å²) in [6, 6.07) is 11.0. The molecule has 20 heavy (non-hydrogen) atoms. The van der Waals surface area contributed by atoms with Gasteiger partial charge >= 0.3 is 0 Å². The Morgan fingerprint density at radius 2 is 1.70 bits per heavy atom. The molecule has 0 radical (unpaired) electrons. The highest BCUT2D eigenvalue weighted by Crippen LogP contribution is 2.26. The molecule has 0 fully saturated rings. The third-order valence-electron chi connectivity index (χ3n) is 3.04. The summed E-state index contributed by atoms with van der Waals surface area (Å²) in [4.78, 5) is 4.27. The van der Waals surface area contributed by atoms with Crippen LogP contribution in [0.25, 0.3) is 10.9 Å². The van der Waals surface area contributed by atoms with Gasteiger partial charge in [-0.1, -0.05) is 11.6 Å². The molecule has 0 aliphatic rings. The lowest BCUT2D eigenvalue weighted by molar-refractivity contribution is 0.584. The van der Waals surface area contributed by atoms with E-state index in [0.29, 0.717) is 5.69 Å². The van der Waals surface area contributed by atoms with Crippen molar-refractivity contribution in [1.29, 1.82) is 0 Å². The highest BCUT2D eigenvalue weighted by Gasteiger charge is 2.05. The van der Waals surface area contributed by atoms with Gasteiger partial charge in [-0.15, -0.1) is 0 Å². The van der Waals surface area contributed by atoms with Crippen molar-refractivity contribution < 1.29 is 8.78 Å². The highest BCUT2D eigenvalue weighted by molar-refractivity contribution is 5.93. The third kappa shape index (κ3) is 2.45. The fraction of sp³-hybridized carbons (Fsp3) is 0.0625. The molecule has 0 atom stereocenters. The Morgan fingerprint density at radius 3 is 2.45 bits per heavy atom. The number of anilines is 2.